The second-order valence-electron chi connectivity index (χ2n) is 4.04. The molecular weight excluding hydrogens is 228 g/mol. The van der Waals surface area contributed by atoms with Crippen molar-refractivity contribution in [3.63, 3.8) is 0 Å². The molecule has 0 atom stereocenters. The Hall–Kier alpha value is -1.81. The van der Waals surface area contributed by atoms with Crippen LogP contribution in [-0.4, -0.2) is 29.8 Å². The lowest BCUT2D eigenvalue weighted by atomic mass is 10.1. The van der Waals surface area contributed by atoms with Crippen molar-refractivity contribution in [2.75, 3.05) is 25.1 Å². The van der Waals surface area contributed by atoms with E-state index in [4.69, 9.17) is 4.74 Å². The van der Waals surface area contributed by atoms with E-state index in [1.807, 2.05) is 19.1 Å². The van der Waals surface area contributed by atoms with Gasteiger partial charge in [0.05, 0.1) is 0 Å². The number of aromatic nitrogens is 1. The molecule has 0 radical (unpaired) electrons. The van der Waals surface area contributed by atoms with Crippen LogP contribution in [0.1, 0.15) is 13.3 Å². The molecule has 96 valence electrons. The Labute approximate surface area is 107 Å². The van der Waals surface area contributed by atoms with Crippen molar-refractivity contribution in [2.24, 2.45) is 0 Å². The van der Waals surface area contributed by atoms with Gasteiger partial charge < -0.3 is 15.2 Å². The van der Waals surface area contributed by atoms with E-state index in [-0.39, 0.29) is 5.75 Å². The fraction of sp³-hybridized carbons (Fsp3) is 0.357. The molecule has 2 N–H and O–H groups in total. The molecule has 1 heterocycles. The maximum atomic E-state index is 9.52. The summed E-state index contributed by atoms with van der Waals surface area (Å²) in [6.07, 6.45) is 2.70. The van der Waals surface area contributed by atoms with Crippen LogP contribution in [0, 0.1) is 0 Å². The van der Waals surface area contributed by atoms with E-state index in [2.05, 4.69) is 10.3 Å². The first kappa shape index (κ1) is 12.6. The number of rotatable bonds is 6. The van der Waals surface area contributed by atoms with Crippen molar-refractivity contribution in [3.8, 4) is 5.75 Å². The molecule has 4 heteroatoms. The lowest BCUT2D eigenvalue weighted by molar-refractivity contribution is 0.147. The Morgan fingerprint density at radius 3 is 3.06 bits per heavy atom. The SMILES string of the molecule is CCOCCCNc1nccc2ccc(O)cc12. The van der Waals surface area contributed by atoms with E-state index in [0.717, 1.165) is 42.8 Å². The monoisotopic (exact) mass is 246 g/mol. The average Bonchev–Trinajstić information content (AvgIpc) is 2.39. The number of anilines is 1. The summed E-state index contributed by atoms with van der Waals surface area (Å²) >= 11 is 0. The van der Waals surface area contributed by atoms with Crippen LogP contribution in [0.3, 0.4) is 0 Å². The number of fused-ring (bicyclic) bond motifs is 1. The highest BCUT2D eigenvalue weighted by Gasteiger charge is 2.02. The minimum Gasteiger partial charge on any atom is -0.508 e. The number of ether oxygens (including phenoxy) is 1. The fourth-order valence-electron chi connectivity index (χ4n) is 1.82. The lowest BCUT2D eigenvalue weighted by Crippen LogP contribution is -2.07. The number of pyridine rings is 1. The number of nitrogens with zero attached hydrogens (tertiary/aromatic N) is 1. The van der Waals surface area contributed by atoms with Crippen molar-refractivity contribution in [1.82, 2.24) is 4.98 Å². The summed E-state index contributed by atoms with van der Waals surface area (Å²) in [6, 6.07) is 7.23. The normalized spacial score (nSPS) is 10.7. The molecule has 18 heavy (non-hydrogen) atoms. The van der Waals surface area contributed by atoms with Crippen LogP contribution in [0.2, 0.25) is 0 Å². The van der Waals surface area contributed by atoms with Crippen molar-refractivity contribution in [3.05, 3.63) is 30.5 Å². The minimum absolute atomic E-state index is 0.257. The van der Waals surface area contributed by atoms with Crippen LogP contribution in [0.15, 0.2) is 30.5 Å². The van der Waals surface area contributed by atoms with Crippen molar-refractivity contribution in [1.29, 1.82) is 0 Å². The molecule has 2 aromatic rings. The molecule has 0 aliphatic rings. The van der Waals surface area contributed by atoms with Gasteiger partial charge in [-0.3, -0.25) is 0 Å². The van der Waals surface area contributed by atoms with E-state index in [1.165, 1.54) is 0 Å². The van der Waals surface area contributed by atoms with Gasteiger partial charge in [0.1, 0.15) is 11.6 Å². The molecular formula is C14H18N2O2. The van der Waals surface area contributed by atoms with Crippen LogP contribution in [0.5, 0.6) is 5.75 Å². The smallest absolute Gasteiger partial charge is 0.133 e. The van der Waals surface area contributed by atoms with Gasteiger partial charge in [-0.05, 0) is 36.9 Å². The highest BCUT2D eigenvalue weighted by atomic mass is 16.5. The van der Waals surface area contributed by atoms with Crippen molar-refractivity contribution >= 4 is 16.6 Å². The largest absolute Gasteiger partial charge is 0.508 e. The number of phenols is 1. The molecule has 2 rings (SSSR count). The van der Waals surface area contributed by atoms with Gasteiger partial charge >= 0.3 is 0 Å². The van der Waals surface area contributed by atoms with Crippen molar-refractivity contribution in [2.45, 2.75) is 13.3 Å². The van der Waals surface area contributed by atoms with Crippen LogP contribution in [0.4, 0.5) is 5.82 Å². The molecule has 0 amide bonds. The molecule has 0 saturated carbocycles. The third-order valence-corrected chi connectivity index (χ3v) is 2.71. The Bertz CT molecular complexity index is 514. The number of hydrogen-bond acceptors (Lipinski definition) is 4. The number of nitrogens with one attached hydrogen (secondary N) is 1. The summed E-state index contributed by atoms with van der Waals surface area (Å²) < 4.78 is 5.28. The second kappa shape index (κ2) is 6.21. The fourth-order valence-corrected chi connectivity index (χ4v) is 1.82. The van der Waals surface area contributed by atoms with E-state index in [9.17, 15) is 5.11 Å². The zero-order chi connectivity index (χ0) is 12.8. The summed E-state index contributed by atoms with van der Waals surface area (Å²) in [6.45, 7) is 4.30. The predicted molar refractivity (Wildman–Crippen MR) is 73.0 cm³/mol. The standard InChI is InChI=1S/C14H18N2O2/c1-2-18-9-3-7-15-14-13-10-12(17)5-4-11(13)6-8-16-14/h4-6,8,10,17H,2-3,7,9H2,1H3,(H,15,16). The van der Waals surface area contributed by atoms with E-state index in [0.29, 0.717) is 0 Å². The number of benzene rings is 1. The van der Waals surface area contributed by atoms with Gasteiger partial charge in [-0.1, -0.05) is 6.07 Å². The molecule has 0 unspecified atom stereocenters. The van der Waals surface area contributed by atoms with E-state index in [1.54, 1.807) is 18.3 Å². The summed E-state index contributed by atoms with van der Waals surface area (Å²) in [5, 5.41) is 14.8. The Kier molecular flexibility index (Phi) is 4.36. The summed E-state index contributed by atoms with van der Waals surface area (Å²) in [4.78, 5) is 4.30. The third kappa shape index (κ3) is 3.11. The van der Waals surface area contributed by atoms with Gasteiger partial charge in [0, 0.05) is 31.3 Å². The summed E-state index contributed by atoms with van der Waals surface area (Å²) in [5.41, 5.74) is 0. The first-order valence-corrected chi connectivity index (χ1v) is 6.20. The zero-order valence-corrected chi connectivity index (χ0v) is 10.5. The Balaban J connectivity index is 2.05. The van der Waals surface area contributed by atoms with Gasteiger partial charge in [0.25, 0.3) is 0 Å². The second-order valence-corrected chi connectivity index (χ2v) is 4.04. The molecule has 0 aliphatic carbocycles. The Morgan fingerprint density at radius 1 is 1.33 bits per heavy atom. The maximum absolute atomic E-state index is 9.52. The molecule has 0 bridgehead atoms. The van der Waals surface area contributed by atoms with Gasteiger partial charge in [0.2, 0.25) is 0 Å². The topological polar surface area (TPSA) is 54.4 Å². The zero-order valence-electron chi connectivity index (χ0n) is 10.5. The number of phenolic OH excluding ortho intramolecular Hbond substituents is 1. The molecule has 0 saturated heterocycles. The molecule has 0 aliphatic heterocycles. The molecule has 1 aromatic heterocycles. The maximum Gasteiger partial charge on any atom is 0.133 e. The lowest BCUT2D eigenvalue weighted by Gasteiger charge is -2.09. The first-order valence-electron chi connectivity index (χ1n) is 6.20. The number of hydrogen-bond donors (Lipinski definition) is 2. The van der Waals surface area contributed by atoms with E-state index >= 15 is 0 Å². The van der Waals surface area contributed by atoms with Crippen LogP contribution in [-0.2, 0) is 4.74 Å². The van der Waals surface area contributed by atoms with Crippen LogP contribution in [0.25, 0.3) is 10.8 Å². The quantitative estimate of drug-likeness (QED) is 0.769. The average molecular weight is 246 g/mol. The molecule has 0 spiro atoms. The highest BCUT2D eigenvalue weighted by Crippen LogP contribution is 2.24. The predicted octanol–water partition coefficient (Wildman–Crippen LogP) is 2.78. The van der Waals surface area contributed by atoms with Gasteiger partial charge in [-0.15, -0.1) is 0 Å². The van der Waals surface area contributed by atoms with Crippen LogP contribution < -0.4 is 5.32 Å². The highest BCUT2D eigenvalue weighted by molar-refractivity contribution is 5.92. The van der Waals surface area contributed by atoms with E-state index < -0.39 is 0 Å². The summed E-state index contributed by atoms with van der Waals surface area (Å²) in [5.74, 6) is 1.06. The third-order valence-electron chi connectivity index (χ3n) is 2.71. The minimum atomic E-state index is 0.257. The van der Waals surface area contributed by atoms with Gasteiger partial charge in [-0.2, -0.15) is 0 Å². The van der Waals surface area contributed by atoms with Crippen molar-refractivity contribution < 1.29 is 9.84 Å². The van der Waals surface area contributed by atoms with Gasteiger partial charge in [0.15, 0.2) is 0 Å². The molecule has 1 aromatic carbocycles. The molecule has 4 nitrogen and oxygen atoms in total. The van der Waals surface area contributed by atoms with Gasteiger partial charge in [-0.25, -0.2) is 4.98 Å². The Morgan fingerprint density at radius 2 is 2.22 bits per heavy atom. The molecule has 0 fully saturated rings. The van der Waals surface area contributed by atoms with Crippen LogP contribution >= 0.6 is 0 Å². The summed E-state index contributed by atoms with van der Waals surface area (Å²) in [7, 11) is 0. The first-order chi connectivity index (χ1) is 8.81. The number of aromatic hydroxyl groups is 1.